The highest BCUT2D eigenvalue weighted by Crippen LogP contribution is 2.38. The van der Waals surface area contributed by atoms with E-state index >= 15 is 0 Å². The van der Waals surface area contributed by atoms with Crippen LogP contribution in [0.4, 0.5) is 4.79 Å². The summed E-state index contributed by atoms with van der Waals surface area (Å²) in [7, 11) is 0. The number of imidazole rings is 1. The minimum Gasteiger partial charge on any atom is -0.508 e. The van der Waals surface area contributed by atoms with Gasteiger partial charge in [0.15, 0.2) is 0 Å². The number of aromatic amines is 1. The Hall–Kier alpha value is -6.20. The first-order valence-electron chi connectivity index (χ1n) is 20.3. The van der Waals surface area contributed by atoms with E-state index in [0.29, 0.717) is 71.2 Å². The van der Waals surface area contributed by atoms with Crippen molar-refractivity contribution in [3.8, 4) is 5.75 Å². The SMILES string of the molecule is NC(=O)OCCOCCOCCOCCNC(=O)CCCCn1cnc(Cn2ccc3ccc(CNCc4[nH]c5ccccc5c4C4NC(=O)c5ccc(O)cc54)cc32)c1. The summed E-state index contributed by atoms with van der Waals surface area (Å²) in [6.45, 7) is 5.42. The van der Waals surface area contributed by atoms with Crippen LogP contribution in [0.2, 0.25) is 0 Å². The van der Waals surface area contributed by atoms with Crippen LogP contribution in [0.1, 0.15) is 63.7 Å². The molecule has 0 spiro atoms. The van der Waals surface area contributed by atoms with E-state index in [1.54, 1.807) is 18.2 Å². The van der Waals surface area contributed by atoms with Crippen molar-refractivity contribution in [2.45, 2.75) is 51.5 Å². The van der Waals surface area contributed by atoms with Crippen LogP contribution in [0.3, 0.4) is 0 Å². The molecule has 1 atom stereocenters. The molecule has 1 unspecified atom stereocenters. The summed E-state index contributed by atoms with van der Waals surface area (Å²) in [4.78, 5) is 43.8. The van der Waals surface area contributed by atoms with Crippen LogP contribution in [-0.4, -0.2) is 94.9 Å². The number of phenolic OH excluding ortho intramolecular Hbond substituents is 1. The highest BCUT2D eigenvalue weighted by Gasteiger charge is 2.33. The molecular weight excluding hydrogens is 769 g/mol. The van der Waals surface area contributed by atoms with Crippen molar-refractivity contribution in [3.63, 3.8) is 0 Å². The quantitative estimate of drug-likeness (QED) is 0.0467. The molecule has 6 aromatic rings. The molecule has 4 heterocycles. The van der Waals surface area contributed by atoms with Crippen molar-refractivity contribution >= 4 is 39.7 Å². The lowest BCUT2D eigenvalue weighted by atomic mass is 9.95. The average molecular weight is 821 g/mol. The molecule has 3 aromatic carbocycles. The van der Waals surface area contributed by atoms with Gasteiger partial charge in [-0.05, 0) is 65.8 Å². The highest BCUT2D eigenvalue weighted by molar-refractivity contribution is 6.01. The van der Waals surface area contributed by atoms with Crippen LogP contribution in [0.25, 0.3) is 21.8 Å². The third-order valence-corrected chi connectivity index (χ3v) is 10.3. The minimum atomic E-state index is -0.824. The van der Waals surface area contributed by atoms with Gasteiger partial charge in [-0.15, -0.1) is 0 Å². The van der Waals surface area contributed by atoms with Gasteiger partial charge in [-0.2, -0.15) is 0 Å². The molecule has 1 aliphatic heterocycles. The summed E-state index contributed by atoms with van der Waals surface area (Å²) in [5.74, 6) is -0.0143. The lowest BCUT2D eigenvalue weighted by Gasteiger charge is -2.15. The molecule has 0 fully saturated rings. The number of nitrogens with two attached hydrogens (primary N) is 1. The number of primary amides is 1. The number of rotatable bonds is 24. The summed E-state index contributed by atoms with van der Waals surface area (Å²) in [6, 6.07) is 21.2. The number of aromatic hydroxyl groups is 1. The zero-order chi connectivity index (χ0) is 41.7. The van der Waals surface area contributed by atoms with Crippen molar-refractivity contribution in [2.24, 2.45) is 5.73 Å². The van der Waals surface area contributed by atoms with Gasteiger partial charge < -0.3 is 59.9 Å². The second kappa shape index (κ2) is 20.7. The molecule has 0 saturated heterocycles. The zero-order valence-electron chi connectivity index (χ0n) is 33.5. The first-order valence-corrected chi connectivity index (χ1v) is 20.3. The molecule has 1 aliphatic rings. The Morgan fingerprint density at radius 2 is 1.70 bits per heavy atom. The Balaban J connectivity index is 0.818. The summed E-state index contributed by atoms with van der Waals surface area (Å²) in [6.07, 6.45) is 7.25. The van der Waals surface area contributed by atoms with Crippen LogP contribution in [-0.2, 0) is 49.9 Å². The summed E-state index contributed by atoms with van der Waals surface area (Å²) >= 11 is 0. The zero-order valence-corrected chi connectivity index (χ0v) is 33.5. The third-order valence-electron chi connectivity index (χ3n) is 10.3. The van der Waals surface area contributed by atoms with Gasteiger partial charge in [0, 0.05) is 78.2 Å². The minimum absolute atomic E-state index is 0.00224. The molecule has 7 rings (SSSR count). The molecule has 0 aliphatic carbocycles. The normalized spacial score (nSPS) is 13.5. The fourth-order valence-corrected chi connectivity index (χ4v) is 7.47. The lowest BCUT2D eigenvalue weighted by Crippen LogP contribution is -2.27. The molecule has 16 heteroatoms. The molecule has 316 valence electrons. The number of fused-ring (bicyclic) bond motifs is 3. The number of nitrogens with one attached hydrogen (secondary N) is 4. The van der Waals surface area contributed by atoms with Gasteiger partial charge in [-0.25, -0.2) is 9.78 Å². The molecule has 16 nitrogen and oxygen atoms in total. The highest BCUT2D eigenvalue weighted by atomic mass is 16.6. The van der Waals surface area contributed by atoms with Crippen molar-refractivity contribution in [3.05, 3.63) is 119 Å². The number of benzene rings is 3. The van der Waals surface area contributed by atoms with Crippen molar-refractivity contribution in [1.82, 2.24) is 35.1 Å². The van der Waals surface area contributed by atoms with E-state index in [-0.39, 0.29) is 36.8 Å². The standard InChI is InChI=1S/C44H52N8O8/c45-44(56)60-22-21-59-20-19-58-18-17-57-16-13-47-40(54)7-3-4-14-51-27-32(48-29-51)28-52-15-12-31-9-8-30(23-39(31)52)25-46-26-38-41(35-5-1-2-6-37(35)49-38)42-36-24-33(53)10-11-34(36)43(55)50-42/h1-2,5-6,8-12,15,23-24,27,29,42,46,49,53H,3-4,7,13-14,16-22,25-26,28H2,(H2,45,56)(H,47,54)(H,50,55). The van der Waals surface area contributed by atoms with E-state index in [4.69, 9.17) is 19.9 Å². The molecule has 3 amide bonds. The molecular formula is C44H52N8O8. The second-order valence-corrected chi connectivity index (χ2v) is 14.6. The van der Waals surface area contributed by atoms with Crippen molar-refractivity contribution < 1.29 is 38.4 Å². The Kier molecular flexibility index (Phi) is 14.4. The smallest absolute Gasteiger partial charge is 0.404 e. The number of amides is 3. The van der Waals surface area contributed by atoms with Gasteiger partial charge in [-0.3, -0.25) is 9.59 Å². The van der Waals surface area contributed by atoms with Crippen LogP contribution in [0.15, 0.2) is 85.5 Å². The monoisotopic (exact) mass is 820 g/mol. The van der Waals surface area contributed by atoms with Gasteiger partial charge >= 0.3 is 6.09 Å². The molecule has 0 saturated carbocycles. The number of carbonyl (C=O) groups excluding carboxylic acids is 3. The van der Waals surface area contributed by atoms with E-state index in [0.717, 1.165) is 69.3 Å². The maximum absolute atomic E-state index is 12.9. The lowest BCUT2D eigenvalue weighted by molar-refractivity contribution is -0.121. The van der Waals surface area contributed by atoms with Gasteiger partial charge in [0.05, 0.1) is 64.2 Å². The number of phenols is 1. The first-order chi connectivity index (χ1) is 29.3. The number of nitrogens with zero attached hydrogens (tertiary/aromatic N) is 3. The van der Waals surface area contributed by atoms with Gasteiger partial charge in [0.1, 0.15) is 12.4 Å². The second-order valence-electron chi connectivity index (χ2n) is 14.6. The Labute approximate surface area is 347 Å². The number of para-hydroxylation sites is 1. The summed E-state index contributed by atoms with van der Waals surface area (Å²) < 4.78 is 25.0. The number of hydrogen-bond acceptors (Lipinski definition) is 10. The number of aryl methyl sites for hydroxylation is 1. The maximum atomic E-state index is 12.9. The number of aromatic nitrogens is 4. The largest absolute Gasteiger partial charge is 0.508 e. The van der Waals surface area contributed by atoms with E-state index in [2.05, 4.69) is 82.5 Å². The third kappa shape index (κ3) is 11.1. The molecule has 7 N–H and O–H groups in total. The average Bonchev–Trinajstić information content (AvgIpc) is 4.02. The number of H-pyrrole nitrogens is 1. The van der Waals surface area contributed by atoms with Crippen molar-refractivity contribution in [1.29, 1.82) is 0 Å². The van der Waals surface area contributed by atoms with E-state index < -0.39 is 6.09 Å². The molecule has 0 radical (unpaired) electrons. The number of carbonyl (C=O) groups is 3. The fraction of sp³-hybridized carbons (Fsp3) is 0.364. The van der Waals surface area contributed by atoms with Gasteiger partial charge in [0.25, 0.3) is 5.91 Å². The Morgan fingerprint density at radius 1 is 0.900 bits per heavy atom. The van der Waals surface area contributed by atoms with Gasteiger partial charge in [-0.1, -0.05) is 30.3 Å². The first kappa shape index (κ1) is 41.9. The predicted octanol–water partition coefficient (Wildman–Crippen LogP) is 4.63. The van der Waals surface area contributed by atoms with E-state index in [9.17, 15) is 19.5 Å². The van der Waals surface area contributed by atoms with Gasteiger partial charge in [0.2, 0.25) is 5.91 Å². The van der Waals surface area contributed by atoms with Crippen LogP contribution >= 0.6 is 0 Å². The Morgan fingerprint density at radius 3 is 2.53 bits per heavy atom. The van der Waals surface area contributed by atoms with Crippen LogP contribution in [0, 0.1) is 0 Å². The molecule has 3 aromatic heterocycles. The van der Waals surface area contributed by atoms with Crippen LogP contribution in [0.5, 0.6) is 5.75 Å². The maximum Gasteiger partial charge on any atom is 0.404 e. The Bertz CT molecular complexity index is 2390. The van der Waals surface area contributed by atoms with Crippen LogP contribution < -0.4 is 21.7 Å². The molecule has 0 bridgehead atoms. The number of unbranched alkanes of at least 4 members (excludes halogenated alkanes) is 1. The van der Waals surface area contributed by atoms with E-state index in [1.165, 1.54) is 0 Å². The number of ether oxygens (including phenoxy) is 4. The molecule has 60 heavy (non-hydrogen) atoms. The van der Waals surface area contributed by atoms with Crippen molar-refractivity contribution in [2.75, 3.05) is 52.8 Å². The van der Waals surface area contributed by atoms with E-state index in [1.807, 2.05) is 24.5 Å². The summed E-state index contributed by atoms with van der Waals surface area (Å²) in [5, 5.41) is 22.1. The topological polar surface area (TPSA) is 209 Å². The fourth-order valence-electron chi connectivity index (χ4n) is 7.47. The predicted molar refractivity (Wildman–Crippen MR) is 224 cm³/mol. The summed E-state index contributed by atoms with van der Waals surface area (Å²) in [5.41, 5.74) is 12.4. The number of hydrogen-bond donors (Lipinski definition) is 6.